The molecule has 2 aromatic rings. The van der Waals surface area contributed by atoms with Gasteiger partial charge in [-0.15, -0.1) is 0 Å². The Bertz CT molecular complexity index is 916. The lowest BCUT2D eigenvalue weighted by Crippen LogP contribution is -2.26. The number of amides is 1. The Morgan fingerprint density at radius 2 is 2.12 bits per heavy atom. The Morgan fingerprint density at radius 3 is 2.69 bits per heavy atom. The predicted octanol–water partition coefficient (Wildman–Crippen LogP) is 4.54. The average molecular weight is 354 g/mol. The summed E-state index contributed by atoms with van der Waals surface area (Å²) in [6.07, 6.45) is 5.84. The van der Waals surface area contributed by atoms with E-state index in [9.17, 15) is 9.18 Å². The van der Waals surface area contributed by atoms with Gasteiger partial charge in [-0.3, -0.25) is 10.1 Å². The summed E-state index contributed by atoms with van der Waals surface area (Å²) in [7, 11) is 0. The summed E-state index contributed by atoms with van der Waals surface area (Å²) in [6.45, 7) is 4.25. The molecule has 1 aromatic heterocycles. The molecule has 2 fully saturated rings. The van der Waals surface area contributed by atoms with Crippen LogP contribution in [0.2, 0.25) is 0 Å². The largest absolute Gasteiger partial charge is 0.307 e. The zero-order valence-corrected chi connectivity index (χ0v) is 15.2. The van der Waals surface area contributed by atoms with E-state index < -0.39 is 5.82 Å². The van der Waals surface area contributed by atoms with Crippen molar-refractivity contribution in [3.63, 3.8) is 0 Å². The summed E-state index contributed by atoms with van der Waals surface area (Å²) < 4.78 is 16.3. The molecular weight excluding hydrogens is 331 g/mol. The number of carbonyl (C=O) groups is 1. The first-order chi connectivity index (χ1) is 12.4. The number of rotatable bonds is 5. The summed E-state index contributed by atoms with van der Waals surface area (Å²) in [5, 5.41) is 12.1. The quantitative estimate of drug-likeness (QED) is 0.857. The van der Waals surface area contributed by atoms with Gasteiger partial charge in [-0.25, -0.2) is 9.37 Å². The summed E-state index contributed by atoms with van der Waals surface area (Å²) in [4.78, 5) is 17.0. The topological polar surface area (TPSA) is 70.7 Å². The van der Waals surface area contributed by atoms with Gasteiger partial charge in [-0.2, -0.15) is 5.26 Å². The first kappa shape index (κ1) is 17.0. The number of benzene rings is 1. The van der Waals surface area contributed by atoms with Crippen LogP contribution in [-0.2, 0) is 4.79 Å². The molecule has 0 spiro atoms. The highest BCUT2D eigenvalue weighted by atomic mass is 19.1. The van der Waals surface area contributed by atoms with Crippen LogP contribution in [0.25, 0.3) is 11.0 Å². The van der Waals surface area contributed by atoms with Crippen LogP contribution < -0.4 is 5.32 Å². The molecule has 0 atom stereocenters. The minimum atomic E-state index is -0.522. The van der Waals surface area contributed by atoms with Gasteiger partial charge in [0.15, 0.2) is 5.82 Å². The Morgan fingerprint density at radius 1 is 1.38 bits per heavy atom. The van der Waals surface area contributed by atoms with Gasteiger partial charge in [-0.1, -0.05) is 13.8 Å². The molecule has 6 heteroatoms. The molecule has 1 N–H and O–H groups in total. The minimum Gasteiger partial charge on any atom is -0.307 e. The Hall–Kier alpha value is -2.42. The molecule has 5 nitrogen and oxygen atoms in total. The monoisotopic (exact) mass is 354 g/mol. The first-order valence-electron chi connectivity index (χ1n) is 9.30. The third kappa shape index (κ3) is 2.96. The second kappa shape index (κ2) is 6.08. The molecule has 0 bridgehead atoms. The first-order valence-corrected chi connectivity index (χ1v) is 9.30. The molecule has 1 amide bonds. The van der Waals surface area contributed by atoms with E-state index >= 15 is 0 Å². The highest BCUT2D eigenvalue weighted by Crippen LogP contribution is 2.47. The van der Waals surface area contributed by atoms with Crippen molar-refractivity contribution in [2.75, 3.05) is 5.32 Å². The fraction of sp³-hybridized carbons (Fsp3) is 0.550. The maximum atomic E-state index is 14.4. The third-order valence-electron chi connectivity index (χ3n) is 5.87. The zero-order valence-electron chi connectivity index (χ0n) is 15.2. The molecule has 1 aromatic carbocycles. The van der Waals surface area contributed by atoms with Gasteiger partial charge in [0.25, 0.3) is 0 Å². The number of fused-ring (bicyclic) bond motifs is 1. The molecular formula is C20H23FN4O. The van der Waals surface area contributed by atoms with E-state index in [2.05, 4.69) is 24.1 Å². The normalized spacial score (nSPS) is 17.8. The Labute approximate surface area is 152 Å². The molecule has 1 heterocycles. The lowest BCUT2D eigenvalue weighted by Gasteiger charge is -2.29. The van der Waals surface area contributed by atoms with Crippen molar-refractivity contribution in [2.45, 2.75) is 58.4 Å². The second-order valence-corrected chi connectivity index (χ2v) is 8.32. The maximum Gasteiger partial charge on any atom is 0.227 e. The Kier molecular flexibility index (Phi) is 3.98. The molecule has 0 unspecified atom stereocenters. The van der Waals surface area contributed by atoms with E-state index in [1.54, 1.807) is 6.07 Å². The van der Waals surface area contributed by atoms with Gasteiger partial charge >= 0.3 is 0 Å². The summed E-state index contributed by atoms with van der Waals surface area (Å²) in [5.41, 5.74) is 1.04. The number of nitrogens with one attached hydrogen (secondary N) is 1. The van der Waals surface area contributed by atoms with E-state index in [1.165, 1.54) is 18.9 Å². The summed E-state index contributed by atoms with van der Waals surface area (Å²) in [5.74, 6) is 0.397. The average Bonchev–Trinajstić information content (AvgIpc) is 3.32. The van der Waals surface area contributed by atoms with Crippen molar-refractivity contribution in [3.05, 3.63) is 23.5 Å². The van der Waals surface area contributed by atoms with Gasteiger partial charge in [0.1, 0.15) is 5.52 Å². The highest BCUT2D eigenvalue weighted by molar-refractivity contribution is 5.92. The molecule has 2 saturated carbocycles. The molecule has 136 valence electrons. The molecule has 2 aliphatic carbocycles. The Balaban J connectivity index is 1.68. The van der Waals surface area contributed by atoms with Gasteiger partial charge < -0.3 is 4.57 Å². The lowest BCUT2D eigenvalue weighted by molar-refractivity contribution is -0.118. The van der Waals surface area contributed by atoms with Crippen molar-refractivity contribution >= 4 is 22.9 Å². The van der Waals surface area contributed by atoms with Crippen LogP contribution in [0.15, 0.2) is 12.1 Å². The fourth-order valence-electron chi connectivity index (χ4n) is 3.91. The van der Waals surface area contributed by atoms with Gasteiger partial charge in [-0.05, 0) is 55.6 Å². The van der Waals surface area contributed by atoms with Crippen LogP contribution in [0.3, 0.4) is 0 Å². The van der Waals surface area contributed by atoms with E-state index in [4.69, 9.17) is 5.26 Å². The van der Waals surface area contributed by atoms with Crippen molar-refractivity contribution in [1.82, 2.24) is 9.55 Å². The smallest absolute Gasteiger partial charge is 0.227 e. The summed E-state index contributed by atoms with van der Waals surface area (Å²) in [6, 6.07) is 5.05. The van der Waals surface area contributed by atoms with E-state index in [0.29, 0.717) is 23.8 Å². The van der Waals surface area contributed by atoms with Crippen LogP contribution in [0.4, 0.5) is 10.3 Å². The molecule has 26 heavy (non-hydrogen) atoms. The number of imidazole rings is 1. The minimum absolute atomic E-state index is 0.0311. The van der Waals surface area contributed by atoms with E-state index in [-0.39, 0.29) is 28.4 Å². The van der Waals surface area contributed by atoms with Crippen molar-refractivity contribution in [3.8, 4) is 6.07 Å². The van der Waals surface area contributed by atoms with Crippen LogP contribution in [0.1, 0.15) is 64.0 Å². The third-order valence-corrected chi connectivity index (χ3v) is 5.87. The van der Waals surface area contributed by atoms with Crippen molar-refractivity contribution < 1.29 is 9.18 Å². The van der Waals surface area contributed by atoms with Crippen molar-refractivity contribution in [2.24, 2.45) is 11.3 Å². The molecule has 0 saturated heterocycles. The molecule has 4 rings (SSSR count). The van der Waals surface area contributed by atoms with E-state index in [0.717, 1.165) is 19.3 Å². The maximum absolute atomic E-state index is 14.4. The predicted molar refractivity (Wildman–Crippen MR) is 97.0 cm³/mol. The van der Waals surface area contributed by atoms with Crippen LogP contribution >= 0.6 is 0 Å². The fourth-order valence-corrected chi connectivity index (χ4v) is 3.91. The van der Waals surface area contributed by atoms with Gasteiger partial charge in [0.05, 0.1) is 17.1 Å². The van der Waals surface area contributed by atoms with Crippen LogP contribution in [-0.4, -0.2) is 15.5 Å². The second-order valence-electron chi connectivity index (χ2n) is 8.32. The van der Waals surface area contributed by atoms with Gasteiger partial charge in [0.2, 0.25) is 11.9 Å². The highest BCUT2D eigenvalue weighted by Gasteiger charge is 2.39. The zero-order chi connectivity index (χ0) is 18.5. The summed E-state index contributed by atoms with van der Waals surface area (Å²) >= 11 is 0. The number of hydrogen-bond acceptors (Lipinski definition) is 3. The SMILES string of the molecule is CC(C)(CC(=O)Nc1nc2c(F)cc(C#N)cc2n1C1CCC1)C1CC1. The number of aromatic nitrogens is 2. The van der Waals surface area contributed by atoms with Crippen LogP contribution in [0, 0.1) is 28.5 Å². The lowest BCUT2D eigenvalue weighted by atomic mass is 9.83. The molecule has 2 aliphatic rings. The number of hydrogen-bond donors (Lipinski definition) is 1. The number of carbonyl (C=O) groups excluding carboxylic acids is 1. The van der Waals surface area contributed by atoms with E-state index in [1.807, 2.05) is 10.6 Å². The van der Waals surface area contributed by atoms with Gasteiger partial charge in [0, 0.05) is 12.5 Å². The number of anilines is 1. The molecule has 0 aliphatic heterocycles. The number of nitrogens with zero attached hydrogens (tertiary/aromatic N) is 3. The number of nitriles is 1. The number of halogens is 1. The van der Waals surface area contributed by atoms with Crippen LogP contribution in [0.5, 0.6) is 0 Å². The van der Waals surface area contributed by atoms with Crippen molar-refractivity contribution in [1.29, 1.82) is 5.26 Å². The standard InChI is InChI=1S/C20H23FN4O/c1-20(2,13-6-7-13)10-17(26)23-19-24-18-15(21)8-12(11-22)9-16(18)25(19)14-4-3-5-14/h8-9,13-14H,3-7,10H2,1-2H3,(H,23,24,26). The molecule has 0 radical (unpaired) electrons.